The van der Waals surface area contributed by atoms with Crippen molar-refractivity contribution in [1.82, 2.24) is 19.9 Å². The number of para-hydroxylation sites is 2. The summed E-state index contributed by atoms with van der Waals surface area (Å²) in [6.45, 7) is 0.202. The number of rotatable bonds is 7. The van der Waals surface area contributed by atoms with Crippen LogP contribution in [0.15, 0.2) is 41.0 Å². The molecule has 1 aromatic carbocycles. The molecule has 7 nitrogen and oxygen atoms in total. The Morgan fingerprint density at radius 2 is 2.04 bits per heavy atom. The molecule has 0 radical (unpaired) electrons. The number of hydrogen-bond donors (Lipinski definition) is 2. The molecule has 2 N–H and O–H groups in total. The van der Waals surface area contributed by atoms with Crippen LogP contribution in [0.4, 0.5) is 5.13 Å². The zero-order valence-electron chi connectivity index (χ0n) is 15.3. The number of anilines is 1. The fourth-order valence-electron chi connectivity index (χ4n) is 3.37. The highest BCUT2D eigenvalue weighted by molar-refractivity contribution is 7.99. The molecule has 3 aromatic rings. The first kappa shape index (κ1) is 18.9. The quantitative estimate of drug-likeness (QED) is 0.578. The molecule has 4 rings (SSSR count). The molecule has 28 heavy (non-hydrogen) atoms. The Morgan fingerprint density at radius 1 is 1.21 bits per heavy atom. The van der Waals surface area contributed by atoms with Crippen molar-refractivity contribution in [1.29, 1.82) is 0 Å². The summed E-state index contributed by atoms with van der Waals surface area (Å²) in [5.74, 6) is 0.0470. The topological polar surface area (TPSA) is 88.9 Å². The van der Waals surface area contributed by atoms with Gasteiger partial charge in [0.1, 0.15) is 6.54 Å². The number of thioether (sulfide) groups is 1. The van der Waals surface area contributed by atoms with Gasteiger partial charge in [0.2, 0.25) is 11.8 Å². The number of nitrogens with one attached hydrogen (secondary N) is 2. The molecule has 0 unspecified atom stereocenters. The van der Waals surface area contributed by atoms with Gasteiger partial charge in [-0.1, -0.05) is 36.7 Å². The van der Waals surface area contributed by atoms with Gasteiger partial charge in [0, 0.05) is 17.6 Å². The standard InChI is InChI=1S/C19H21N5O2S2/c25-16(21-13-5-1-2-6-13)11-24-15-8-4-3-7-14(15)22-19(24)28-12-17(26)23-18-20-9-10-27-18/h3-4,7-10,13H,1-2,5-6,11-12H2,(H,21,25)(H,20,23,26). The lowest BCUT2D eigenvalue weighted by Gasteiger charge is -2.14. The molecule has 2 aromatic heterocycles. The minimum atomic E-state index is -0.144. The monoisotopic (exact) mass is 415 g/mol. The lowest BCUT2D eigenvalue weighted by molar-refractivity contribution is -0.122. The van der Waals surface area contributed by atoms with E-state index in [4.69, 9.17) is 0 Å². The Bertz CT molecular complexity index is 964. The third kappa shape index (κ3) is 4.53. The van der Waals surface area contributed by atoms with E-state index < -0.39 is 0 Å². The van der Waals surface area contributed by atoms with Crippen molar-refractivity contribution in [2.45, 2.75) is 43.4 Å². The molecular weight excluding hydrogens is 394 g/mol. The molecule has 1 fully saturated rings. The van der Waals surface area contributed by atoms with E-state index in [1.54, 1.807) is 6.20 Å². The second kappa shape index (κ2) is 8.74. The van der Waals surface area contributed by atoms with Crippen LogP contribution >= 0.6 is 23.1 Å². The van der Waals surface area contributed by atoms with Crippen molar-refractivity contribution in [3.63, 3.8) is 0 Å². The number of nitrogens with zero attached hydrogens (tertiary/aromatic N) is 3. The predicted molar refractivity (Wildman–Crippen MR) is 112 cm³/mol. The SMILES string of the molecule is O=C(CSc1nc2ccccc2n1CC(=O)NC1CCCC1)Nc1nccs1. The zero-order valence-corrected chi connectivity index (χ0v) is 16.9. The lowest BCUT2D eigenvalue weighted by atomic mass is 10.2. The molecular formula is C19H21N5O2S2. The molecule has 9 heteroatoms. The largest absolute Gasteiger partial charge is 0.352 e. The van der Waals surface area contributed by atoms with Crippen LogP contribution in [-0.2, 0) is 16.1 Å². The molecule has 1 aliphatic carbocycles. The number of imidazole rings is 1. The van der Waals surface area contributed by atoms with Gasteiger partial charge in [-0.3, -0.25) is 9.59 Å². The maximum absolute atomic E-state index is 12.6. The van der Waals surface area contributed by atoms with E-state index in [-0.39, 0.29) is 30.2 Å². The third-order valence-electron chi connectivity index (χ3n) is 4.65. The predicted octanol–water partition coefficient (Wildman–Crippen LogP) is 3.28. The fraction of sp³-hybridized carbons (Fsp3) is 0.368. The molecule has 146 valence electrons. The van der Waals surface area contributed by atoms with E-state index in [2.05, 4.69) is 20.6 Å². The van der Waals surface area contributed by atoms with E-state index in [1.807, 2.05) is 34.2 Å². The summed E-state index contributed by atoms with van der Waals surface area (Å²) in [6, 6.07) is 7.99. The molecule has 0 atom stereocenters. The Hall–Kier alpha value is -2.39. The summed E-state index contributed by atoms with van der Waals surface area (Å²) >= 11 is 2.70. The third-order valence-corrected chi connectivity index (χ3v) is 6.32. The second-order valence-corrected chi connectivity index (χ2v) is 8.53. The van der Waals surface area contributed by atoms with Gasteiger partial charge >= 0.3 is 0 Å². The molecule has 1 saturated carbocycles. The van der Waals surface area contributed by atoms with Crippen molar-refractivity contribution in [2.75, 3.05) is 11.1 Å². The van der Waals surface area contributed by atoms with Crippen LogP contribution in [0.5, 0.6) is 0 Å². The Morgan fingerprint density at radius 3 is 2.82 bits per heavy atom. The lowest BCUT2D eigenvalue weighted by Crippen LogP contribution is -2.35. The van der Waals surface area contributed by atoms with Crippen molar-refractivity contribution in [3.8, 4) is 0 Å². The van der Waals surface area contributed by atoms with Crippen LogP contribution in [0.1, 0.15) is 25.7 Å². The highest BCUT2D eigenvalue weighted by Crippen LogP contribution is 2.25. The van der Waals surface area contributed by atoms with E-state index in [0.717, 1.165) is 23.9 Å². The summed E-state index contributed by atoms with van der Waals surface area (Å²) in [4.78, 5) is 33.4. The average Bonchev–Trinajstić information content (AvgIpc) is 3.43. The number of fused-ring (bicyclic) bond motifs is 1. The molecule has 0 saturated heterocycles. The summed E-state index contributed by atoms with van der Waals surface area (Å²) in [5.41, 5.74) is 1.71. The first-order valence-electron chi connectivity index (χ1n) is 9.26. The minimum Gasteiger partial charge on any atom is -0.352 e. The maximum atomic E-state index is 12.6. The van der Waals surface area contributed by atoms with Crippen LogP contribution < -0.4 is 10.6 Å². The van der Waals surface area contributed by atoms with Crippen LogP contribution in [0.3, 0.4) is 0 Å². The van der Waals surface area contributed by atoms with Crippen LogP contribution in [-0.4, -0.2) is 38.1 Å². The van der Waals surface area contributed by atoms with Gasteiger partial charge in [0.15, 0.2) is 10.3 Å². The van der Waals surface area contributed by atoms with Crippen molar-refractivity contribution in [3.05, 3.63) is 35.8 Å². The van der Waals surface area contributed by atoms with Gasteiger partial charge < -0.3 is 15.2 Å². The van der Waals surface area contributed by atoms with Gasteiger partial charge in [-0.05, 0) is 25.0 Å². The summed E-state index contributed by atoms with van der Waals surface area (Å²) in [7, 11) is 0. The summed E-state index contributed by atoms with van der Waals surface area (Å²) in [5, 5.41) is 8.94. The number of carbonyl (C=O) groups is 2. The molecule has 2 amide bonds. The number of amides is 2. The minimum absolute atomic E-state index is 0.0101. The molecule has 1 aliphatic rings. The van der Waals surface area contributed by atoms with Gasteiger partial charge in [-0.25, -0.2) is 9.97 Å². The van der Waals surface area contributed by atoms with E-state index in [1.165, 1.54) is 35.9 Å². The normalized spacial score (nSPS) is 14.4. The number of carbonyl (C=O) groups excluding carboxylic acids is 2. The molecule has 0 aliphatic heterocycles. The Kier molecular flexibility index (Phi) is 5.92. The fourth-order valence-corrected chi connectivity index (χ4v) is 4.73. The van der Waals surface area contributed by atoms with Gasteiger partial charge in [0.25, 0.3) is 0 Å². The van der Waals surface area contributed by atoms with Crippen molar-refractivity contribution in [2.24, 2.45) is 0 Å². The molecule has 2 heterocycles. The zero-order chi connectivity index (χ0) is 19.3. The molecule has 0 spiro atoms. The van der Waals surface area contributed by atoms with Gasteiger partial charge in [-0.15, -0.1) is 11.3 Å². The highest BCUT2D eigenvalue weighted by atomic mass is 32.2. The Balaban J connectivity index is 1.46. The van der Waals surface area contributed by atoms with E-state index in [0.29, 0.717) is 10.3 Å². The average molecular weight is 416 g/mol. The smallest absolute Gasteiger partial charge is 0.240 e. The van der Waals surface area contributed by atoms with Crippen molar-refractivity contribution >= 4 is 51.1 Å². The first-order valence-corrected chi connectivity index (χ1v) is 11.1. The van der Waals surface area contributed by atoms with Gasteiger partial charge in [0.05, 0.1) is 16.8 Å². The first-order chi connectivity index (χ1) is 13.7. The second-order valence-electron chi connectivity index (χ2n) is 6.69. The highest BCUT2D eigenvalue weighted by Gasteiger charge is 2.20. The van der Waals surface area contributed by atoms with E-state index >= 15 is 0 Å². The van der Waals surface area contributed by atoms with Crippen LogP contribution in [0, 0.1) is 0 Å². The molecule has 0 bridgehead atoms. The number of aromatic nitrogens is 3. The number of thiazole rings is 1. The van der Waals surface area contributed by atoms with Crippen LogP contribution in [0.25, 0.3) is 11.0 Å². The van der Waals surface area contributed by atoms with Crippen LogP contribution in [0.2, 0.25) is 0 Å². The van der Waals surface area contributed by atoms with Gasteiger partial charge in [-0.2, -0.15) is 0 Å². The number of benzene rings is 1. The number of hydrogen-bond acceptors (Lipinski definition) is 6. The summed E-state index contributed by atoms with van der Waals surface area (Å²) < 4.78 is 1.89. The maximum Gasteiger partial charge on any atom is 0.240 e. The van der Waals surface area contributed by atoms with E-state index in [9.17, 15) is 9.59 Å². The summed E-state index contributed by atoms with van der Waals surface area (Å²) in [6.07, 6.45) is 6.10. The van der Waals surface area contributed by atoms with Crippen molar-refractivity contribution < 1.29 is 9.59 Å². The Labute approximate surface area is 170 Å².